The summed E-state index contributed by atoms with van der Waals surface area (Å²) >= 11 is 11.7. The van der Waals surface area contributed by atoms with E-state index in [-0.39, 0.29) is 18.4 Å². The van der Waals surface area contributed by atoms with Crippen LogP contribution in [0.2, 0.25) is 10.0 Å². The van der Waals surface area contributed by atoms with E-state index in [1.807, 2.05) is 24.3 Å². The third-order valence-electron chi connectivity index (χ3n) is 2.19. The molecule has 0 unspecified atom stereocenters. The predicted molar refractivity (Wildman–Crippen MR) is 85.1 cm³/mol. The fourth-order valence-electron chi connectivity index (χ4n) is 1.45. The van der Waals surface area contributed by atoms with Gasteiger partial charge in [-0.2, -0.15) is 0 Å². The average molecular weight is 317 g/mol. The van der Waals surface area contributed by atoms with Gasteiger partial charge in [-0.25, -0.2) is 0 Å². The first-order valence-corrected chi connectivity index (χ1v) is 6.03. The zero-order valence-corrected chi connectivity index (χ0v) is 12.1. The van der Waals surface area contributed by atoms with Crippen LogP contribution >= 0.6 is 35.6 Å². The molecular weight excluding hydrogens is 305 g/mol. The normalized spacial score (nSPS) is 9.37. The largest absolute Gasteiger partial charge is 0.326 e. The summed E-state index contributed by atoms with van der Waals surface area (Å²) in [4.78, 5) is 0. The summed E-state index contributed by atoms with van der Waals surface area (Å²) in [5.41, 5.74) is 1.50. The molecule has 0 aliphatic heterocycles. The summed E-state index contributed by atoms with van der Waals surface area (Å²) < 4.78 is 0. The molecule has 0 aliphatic carbocycles. The molecule has 0 fully saturated rings. The Hall–Kier alpha value is -1.42. The molecule has 0 spiro atoms. The number of halogens is 3. The third-order valence-corrected chi connectivity index (χ3v) is 2.66. The number of anilines is 2. The highest BCUT2D eigenvalue weighted by Gasteiger charge is 2.00. The van der Waals surface area contributed by atoms with Crippen LogP contribution in [0.4, 0.5) is 11.4 Å². The van der Waals surface area contributed by atoms with Gasteiger partial charge in [0.25, 0.3) is 0 Å². The summed E-state index contributed by atoms with van der Waals surface area (Å²) in [6, 6.07) is 14.3. The summed E-state index contributed by atoms with van der Waals surface area (Å²) in [5.74, 6) is 0.152. The zero-order chi connectivity index (χ0) is 13.0. The van der Waals surface area contributed by atoms with Gasteiger partial charge in [0, 0.05) is 21.4 Å². The highest BCUT2D eigenvalue weighted by Crippen LogP contribution is 2.17. The highest BCUT2D eigenvalue weighted by molar-refractivity contribution is 6.31. The Kier molecular flexibility index (Phi) is 5.96. The van der Waals surface area contributed by atoms with E-state index in [0.717, 1.165) is 11.4 Å². The van der Waals surface area contributed by atoms with Crippen molar-refractivity contribution in [3.63, 3.8) is 0 Å². The van der Waals surface area contributed by atoms with Crippen LogP contribution in [-0.4, -0.2) is 5.96 Å². The SMILES string of the molecule is Cl.N=C(Nc1cccc(Cl)c1)Nc1cccc(Cl)c1. The van der Waals surface area contributed by atoms with Crippen molar-refractivity contribution in [2.24, 2.45) is 0 Å². The van der Waals surface area contributed by atoms with Crippen LogP contribution in [0, 0.1) is 5.41 Å². The van der Waals surface area contributed by atoms with E-state index in [4.69, 9.17) is 28.6 Å². The molecule has 100 valence electrons. The highest BCUT2D eigenvalue weighted by atomic mass is 35.5. The number of nitrogens with one attached hydrogen (secondary N) is 3. The van der Waals surface area contributed by atoms with E-state index in [1.165, 1.54) is 0 Å². The maximum absolute atomic E-state index is 7.80. The lowest BCUT2D eigenvalue weighted by Gasteiger charge is -2.10. The Morgan fingerprint density at radius 3 is 1.63 bits per heavy atom. The second-order valence-corrected chi connectivity index (χ2v) is 4.52. The molecule has 0 bridgehead atoms. The summed E-state index contributed by atoms with van der Waals surface area (Å²) in [6.45, 7) is 0. The zero-order valence-electron chi connectivity index (χ0n) is 9.78. The minimum atomic E-state index is 0. The van der Waals surface area contributed by atoms with Crippen molar-refractivity contribution in [1.29, 1.82) is 5.41 Å². The van der Waals surface area contributed by atoms with Gasteiger partial charge in [0.05, 0.1) is 0 Å². The molecule has 2 aromatic rings. The topological polar surface area (TPSA) is 47.9 Å². The maximum atomic E-state index is 7.80. The molecule has 2 rings (SSSR count). The van der Waals surface area contributed by atoms with Crippen molar-refractivity contribution in [3.8, 4) is 0 Å². The van der Waals surface area contributed by atoms with Gasteiger partial charge >= 0.3 is 0 Å². The van der Waals surface area contributed by atoms with E-state index in [2.05, 4.69) is 10.6 Å². The van der Waals surface area contributed by atoms with Gasteiger partial charge < -0.3 is 10.6 Å². The smallest absolute Gasteiger partial charge is 0.197 e. The first kappa shape index (κ1) is 15.6. The van der Waals surface area contributed by atoms with E-state index in [1.54, 1.807) is 24.3 Å². The first-order valence-electron chi connectivity index (χ1n) is 5.27. The van der Waals surface area contributed by atoms with Gasteiger partial charge in [0.1, 0.15) is 0 Å². The Morgan fingerprint density at radius 2 is 1.26 bits per heavy atom. The van der Waals surface area contributed by atoms with Crippen molar-refractivity contribution >= 4 is 52.9 Å². The summed E-state index contributed by atoms with van der Waals surface area (Å²) in [5, 5.41) is 14.8. The van der Waals surface area contributed by atoms with E-state index >= 15 is 0 Å². The van der Waals surface area contributed by atoms with Gasteiger partial charge in [0.15, 0.2) is 5.96 Å². The number of rotatable bonds is 2. The van der Waals surface area contributed by atoms with E-state index in [0.29, 0.717) is 10.0 Å². The summed E-state index contributed by atoms with van der Waals surface area (Å²) in [6.07, 6.45) is 0. The van der Waals surface area contributed by atoms with Crippen LogP contribution in [0.25, 0.3) is 0 Å². The van der Waals surface area contributed by atoms with Crippen molar-refractivity contribution in [1.82, 2.24) is 0 Å². The monoisotopic (exact) mass is 315 g/mol. The lowest BCUT2D eigenvalue weighted by molar-refractivity contribution is 1.43. The Balaban J connectivity index is 0.00000180. The minimum Gasteiger partial charge on any atom is -0.326 e. The van der Waals surface area contributed by atoms with Crippen LogP contribution < -0.4 is 10.6 Å². The van der Waals surface area contributed by atoms with Gasteiger partial charge in [-0.05, 0) is 36.4 Å². The molecule has 19 heavy (non-hydrogen) atoms. The lowest BCUT2D eigenvalue weighted by atomic mass is 10.3. The van der Waals surface area contributed by atoms with E-state index < -0.39 is 0 Å². The molecular formula is C13H12Cl3N3. The lowest BCUT2D eigenvalue weighted by Crippen LogP contribution is -2.20. The fourth-order valence-corrected chi connectivity index (χ4v) is 1.83. The van der Waals surface area contributed by atoms with Crippen molar-refractivity contribution in [3.05, 3.63) is 58.6 Å². The Labute approximate surface area is 127 Å². The third kappa shape index (κ3) is 4.99. The molecule has 0 saturated carbocycles. The number of hydrogen-bond acceptors (Lipinski definition) is 1. The van der Waals surface area contributed by atoms with Crippen LogP contribution in [-0.2, 0) is 0 Å². The van der Waals surface area contributed by atoms with Crippen molar-refractivity contribution in [2.45, 2.75) is 0 Å². The Morgan fingerprint density at radius 1 is 0.842 bits per heavy atom. The van der Waals surface area contributed by atoms with E-state index in [9.17, 15) is 0 Å². The van der Waals surface area contributed by atoms with Crippen LogP contribution in [0.15, 0.2) is 48.5 Å². The van der Waals surface area contributed by atoms with Gasteiger partial charge in [-0.3, -0.25) is 5.41 Å². The van der Waals surface area contributed by atoms with Crippen LogP contribution in [0.5, 0.6) is 0 Å². The molecule has 0 radical (unpaired) electrons. The molecule has 0 saturated heterocycles. The molecule has 3 N–H and O–H groups in total. The second-order valence-electron chi connectivity index (χ2n) is 3.65. The molecule has 2 aromatic carbocycles. The molecule has 6 heteroatoms. The quantitative estimate of drug-likeness (QED) is 0.546. The molecule has 0 heterocycles. The van der Waals surface area contributed by atoms with Gasteiger partial charge in [-0.15, -0.1) is 12.4 Å². The molecule has 0 atom stereocenters. The number of guanidine groups is 1. The molecule has 3 nitrogen and oxygen atoms in total. The minimum absolute atomic E-state index is 0. The second kappa shape index (κ2) is 7.24. The maximum Gasteiger partial charge on any atom is 0.197 e. The Bertz CT molecular complexity index is 523. The number of benzene rings is 2. The molecule has 0 aromatic heterocycles. The van der Waals surface area contributed by atoms with Gasteiger partial charge in [-0.1, -0.05) is 35.3 Å². The average Bonchev–Trinajstić information content (AvgIpc) is 2.28. The predicted octanol–water partition coefficient (Wildman–Crippen LogP) is 4.87. The fraction of sp³-hybridized carbons (Fsp3) is 0. The molecule has 0 aliphatic rings. The number of hydrogen-bond donors (Lipinski definition) is 3. The van der Waals surface area contributed by atoms with Crippen LogP contribution in [0.1, 0.15) is 0 Å². The standard InChI is InChI=1S/C13H11Cl2N3.ClH/c14-9-3-1-5-11(7-9)17-13(16)18-12-6-2-4-10(15)8-12;/h1-8H,(H3,16,17,18);1H. The first-order chi connectivity index (χ1) is 8.63. The van der Waals surface area contributed by atoms with Crippen LogP contribution in [0.3, 0.4) is 0 Å². The molecule has 0 amide bonds. The van der Waals surface area contributed by atoms with Crippen molar-refractivity contribution in [2.75, 3.05) is 10.6 Å². The van der Waals surface area contributed by atoms with Gasteiger partial charge in [0.2, 0.25) is 0 Å². The summed E-state index contributed by atoms with van der Waals surface area (Å²) in [7, 11) is 0. The van der Waals surface area contributed by atoms with Crippen molar-refractivity contribution < 1.29 is 0 Å².